The van der Waals surface area contributed by atoms with Crippen molar-refractivity contribution < 1.29 is 31.9 Å². The van der Waals surface area contributed by atoms with Crippen LogP contribution in [0.2, 0.25) is 0 Å². The molecule has 0 spiro atoms. The molecule has 0 atom stereocenters. The van der Waals surface area contributed by atoms with E-state index in [2.05, 4.69) is 0 Å². The number of halogens is 3. The van der Waals surface area contributed by atoms with Gasteiger partial charge in [-0.3, -0.25) is 4.79 Å². The molecular formula is C21H15F3O5. The Kier molecular flexibility index (Phi) is 6.01. The number of benzene rings is 2. The average molecular weight is 404 g/mol. The second-order valence-corrected chi connectivity index (χ2v) is 6.00. The molecule has 150 valence electrons. The summed E-state index contributed by atoms with van der Waals surface area (Å²) in [6.45, 7) is -0.237. The number of carbonyl (C=O) groups excluding carboxylic acids is 1. The van der Waals surface area contributed by atoms with Gasteiger partial charge in [0.15, 0.2) is 0 Å². The molecule has 5 nitrogen and oxygen atoms in total. The molecule has 3 rings (SSSR count). The standard InChI is InChI=1S/C21H15F3O5/c22-21(23,24)16-8-4-7-15(9-16)20(26)29-12-17-10-18(25)19(13-27-17)28-11-14-5-2-1-3-6-14/h1-10,13H,11-12H2. The number of hydrogen-bond donors (Lipinski definition) is 0. The molecular weight excluding hydrogens is 389 g/mol. The van der Waals surface area contributed by atoms with E-state index in [1.54, 1.807) is 0 Å². The van der Waals surface area contributed by atoms with Crippen molar-refractivity contribution in [3.8, 4) is 5.75 Å². The molecule has 0 bridgehead atoms. The van der Waals surface area contributed by atoms with E-state index in [1.807, 2.05) is 30.3 Å². The fourth-order valence-corrected chi connectivity index (χ4v) is 2.40. The number of rotatable bonds is 6. The topological polar surface area (TPSA) is 65.7 Å². The Labute approximate surface area is 163 Å². The molecule has 0 saturated heterocycles. The second kappa shape index (κ2) is 8.64. The minimum Gasteiger partial charge on any atom is -0.482 e. The van der Waals surface area contributed by atoms with Gasteiger partial charge in [-0.05, 0) is 23.8 Å². The Hall–Kier alpha value is -3.55. The van der Waals surface area contributed by atoms with Gasteiger partial charge >= 0.3 is 12.1 Å². The van der Waals surface area contributed by atoms with E-state index in [9.17, 15) is 22.8 Å². The predicted molar refractivity (Wildman–Crippen MR) is 96.3 cm³/mol. The SMILES string of the molecule is O=C(OCc1cc(=O)c(OCc2ccccc2)co1)c1cccc(C(F)(F)F)c1. The summed E-state index contributed by atoms with van der Waals surface area (Å²) in [6.07, 6.45) is -3.47. The van der Waals surface area contributed by atoms with Gasteiger partial charge in [-0.1, -0.05) is 36.4 Å². The fraction of sp³-hybridized carbons (Fsp3) is 0.143. The van der Waals surface area contributed by atoms with Crippen molar-refractivity contribution in [2.24, 2.45) is 0 Å². The van der Waals surface area contributed by atoms with Crippen LogP contribution in [0.4, 0.5) is 13.2 Å². The molecule has 0 saturated carbocycles. The average Bonchev–Trinajstić information content (AvgIpc) is 2.71. The van der Waals surface area contributed by atoms with E-state index < -0.39 is 29.7 Å². The van der Waals surface area contributed by atoms with E-state index in [0.29, 0.717) is 6.07 Å². The van der Waals surface area contributed by atoms with Crippen LogP contribution < -0.4 is 10.2 Å². The lowest BCUT2D eigenvalue weighted by atomic mass is 10.1. The van der Waals surface area contributed by atoms with E-state index in [0.717, 1.165) is 30.0 Å². The van der Waals surface area contributed by atoms with Crippen LogP contribution in [0.25, 0.3) is 0 Å². The highest BCUT2D eigenvalue weighted by Crippen LogP contribution is 2.29. The monoisotopic (exact) mass is 404 g/mol. The molecule has 0 aliphatic heterocycles. The maximum atomic E-state index is 12.7. The molecule has 0 N–H and O–H groups in total. The summed E-state index contributed by atoms with van der Waals surface area (Å²) in [5, 5.41) is 0. The number of ether oxygens (including phenoxy) is 2. The molecule has 0 radical (unpaired) electrons. The predicted octanol–water partition coefficient (Wildman–Crippen LogP) is 4.59. The van der Waals surface area contributed by atoms with Crippen LogP contribution in [0.15, 0.2) is 76.1 Å². The largest absolute Gasteiger partial charge is 0.482 e. The number of hydrogen-bond acceptors (Lipinski definition) is 5. The van der Waals surface area contributed by atoms with Crippen LogP contribution in [0.1, 0.15) is 27.2 Å². The maximum absolute atomic E-state index is 12.7. The molecule has 0 fully saturated rings. The minimum atomic E-state index is -4.57. The van der Waals surface area contributed by atoms with Crippen LogP contribution >= 0.6 is 0 Å². The Morgan fingerprint density at radius 2 is 1.72 bits per heavy atom. The first-order valence-corrected chi connectivity index (χ1v) is 8.46. The number of carbonyl (C=O) groups is 1. The van der Waals surface area contributed by atoms with E-state index in [1.165, 1.54) is 6.07 Å². The van der Waals surface area contributed by atoms with Crippen molar-refractivity contribution in [2.75, 3.05) is 0 Å². The zero-order chi connectivity index (χ0) is 20.9. The first-order chi connectivity index (χ1) is 13.8. The zero-order valence-corrected chi connectivity index (χ0v) is 14.9. The summed E-state index contributed by atoms with van der Waals surface area (Å²) in [7, 11) is 0. The lowest BCUT2D eigenvalue weighted by Crippen LogP contribution is -2.11. The van der Waals surface area contributed by atoms with Gasteiger partial charge in [-0.15, -0.1) is 0 Å². The quantitative estimate of drug-likeness (QED) is 0.562. The molecule has 1 heterocycles. The summed E-state index contributed by atoms with van der Waals surface area (Å²) >= 11 is 0. The van der Waals surface area contributed by atoms with Crippen LogP contribution in [0, 0.1) is 0 Å². The summed E-state index contributed by atoms with van der Waals surface area (Å²) in [6, 6.07) is 14.2. The van der Waals surface area contributed by atoms with Gasteiger partial charge in [0.25, 0.3) is 0 Å². The molecule has 0 aliphatic rings. The Morgan fingerprint density at radius 3 is 2.41 bits per heavy atom. The fourth-order valence-electron chi connectivity index (χ4n) is 2.40. The van der Waals surface area contributed by atoms with Crippen LogP contribution in [-0.4, -0.2) is 5.97 Å². The molecule has 29 heavy (non-hydrogen) atoms. The summed E-state index contributed by atoms with van der Waals surface area (Å²) < 4.78 is 53.7. The summed E-state index contributed by atoms with van der Waals surface area (Å²) in [5.41, 5.74) is -0.827. The normalized spacial score (nSPS) is 11.1. The first kappa shape index (κ1) is 20.2. The van der Waals surface area contributed by atoms with Crippen LogP contribution in [0.3, 0.4) is 0 Å². The van der Waals surface area contributed by atoms with Gasteiger partial charge in [-0.2, -0.15) is 13.2 Å². The Morgan fingerprint density at radius 1 is 0.966 bits per heavy atom. The molecule has 0 aliphatic carbocycles. The summed E-state index contributed by atoms with van der Waals surface area (Å²) in [4.78, 5) is 24.1. The molecule has 8 heteroatoms. The van der Waals surface area contributed by atoms with Gasteiger partial charge in [0, 0.05) is 6.07 Å². The van der Waals surface area contributed by atoms with Crippen molar-refractivity contribution in [3.05, 3.63) is 99.6 Å². The Bertz CT molecular complexity index is 1040. The van der Waals surface area contributed by atoms with E-state index in [-0.39, 0.29) is 23.7 Å². The lowest BCUT2D eigenvalue weighted by Gasteiger charge is -2.09. The van der Waals surface area contributed by atoms with Gasteiger partial charge in [0.1, 0.15) is 25.2 Å². The highest BCUT2D eigenvalue weighted by atomic mass is 19.4. The maximum Gasteiger partial charge on any atom is 0.416 e. The molecule has 2 aromatic carbocycles. The smallest absolute Gasteiger partial charge is 0.416 e. The van der Waals surface area contributed by atoms with Crippen molar-refractivity contribution in [2.45, 2.75) is 19.4 Å². The van der Waals surface area contributed by atoms with Crippen molar-refractivity contribution in [1.29, 1.82) is 0 Å². The highest BCUT2D eigenvalue weighted by molar-refractivity contribution is 5.89. The highest BCUT2D eigenvalue weighted by Gasteiger charge is 2.31. The van der Waals surface area contributed by atoms with Crippen molar-refractivity contribution >= 4 is 5.97 Å². The number of alkyl halides is 3. The van der Waals surface area contributed by atoms with Gasteiger partial charge in [0.05, 0.1) is 11.1 Å². The van der Waals surface area contributed by atoms with Crippen LogP contribution in [0.5, 0.6) is 5.75 Å². The third kappa shape index (κ3) is 5.47. The number of esters is 1. The van der Waals surface area contributed by atoms with Crippen molar-refractivity contribution in [1.82, 2.24) is 0 Å². The second-order valence-electron chi connectivity index (χ2n) is 6.00. The van der Waals surface area contributed by atoms with Gasteiger partial charge in [-0.25, -0.2) is 4.79 Å². The lowest BCUT2D eigenvalue weighted by molar-refractivity contribution is -0.137. The molecule has 0 unspecified atom stereocenters. The summed E-state index contributed by atoms with van der Waals surface area (Å²) in [5.74, 6) is -0.952. The Balaban J connectivity index is 1.60. The van der Waals surface area contributed by atoms with Crippen LogP contribution in [-0.2, 0) is 24.1 Å². The molecule has 0 amide bonds. The van der Waals surface area contributed by atoms with E-state index >= 15 is 0 Å². The van der Waals surface area contributed by atoms with Crippen molar-refractivity contribution in [3.63, 3.8) is 0 Å². The first-order valence-electron chi connectivity index (χ1n) is 8.46. The van der Waals surface area contributed by atoms with Gasteiger partial charge in [0.2, 0.25) is 11.2 Å². The van der Waals surface area contributed by atoms with Gasteiger partial charge < -0.3 is 13.9 Å². The molecule has 3 aromatic rings. The third-order valence-electron chi connectivity index (χ3n) is 3.86. The zero-order valence-electron chi connectivity index (χ0n) is 14.9. The minimum absolute atomic E-state index is 0.0122. The van der Waals surface area contributed by atoms with E-state index in [4.69, 9.17) is 13.9 Å². The third-order valence-corrected chi connectivity index (χ3v) is 3.86. The molecule has 1 aromatic heterocycles.